The summed E-state index contributed by atoms with van der Waals surface area (Å²) in [5.41, 5.74) is 8.15. The van der Waals surface area contributed by atoms with Gasteiger partial charge in [-0.3, -0.25) is 0 Å². The molecular formula is C16H18FNO. The highest BCUT2D eigenvalue weighted by atomic mass is 19.1. The van der Waals surface area contributed by atoms with Gasteiger partial charge in [0.1, 0.15) is 17.7 Å². The fraction of sp³-hybridized carbons (Fsp3) is 0.250. The van der Waals surface area contributed by atoms with Gasteiger partial charge in [-0.1, -0.05) is 30.3 Å². The number of hydrogen-bond acceptors (Lipinski definition) is 2. The van der Waals surface area contributed by atoms with Gasteiger partial charge in [-0.25, -0.2) is 4.39 Å². The summed E-state index contributed by atoms with van der Waals surface area (Å²) < 4.78 is 19.0. The van der Waals surface area contributed by atoms with Crippen LogP contribution in [0.3, 0.4) is 0 Å². The highest BCUT2D eigenvalue weighted by Crippen LogP contribution is 2.26. The van der Waals surface area contributed by atoms with Crippen molar-refractivity contribution in [2.24, 2.45) is 5.73 Å². The maximum atomic E-state index is 13.2. The highest BCUT2D eigenvalue weighted by Gasteiger charge is 2.20. The van der Waals surface area contributed by atoms with Crippen LogP contribution >= 0.6 is 0 Å². The van der Waals surface area contributed by atoms with Crippen LogP contribution in [0, 0.1) is 12.7 Å². The standard InChI is InChI=1S/C16H18FNO/c1-11-6-3-4-9-15(11)16(12(2)18)19-14-8-5-7-13(17)10-14/h3-10,12,16H,18H2,1-2H3. The lowest BCUT2D eigenvalue weighted by Gasteiger charge is -2.24. The monoisotopic (exact) mass is 259 g/mol. The van der Waals surface area contributed by atoms with Gasteiger partial charge in [0.05, 0.1) is 0 Å². The molecule has 0 fully saturated rings. The van der Waals surface area contributed by atoms with Crippen LogP contribution in [0.4, 0.5) is 4.39 Å². The van der Waals surface area contributed by atoms with Crippen molar-refractivity contribution in [1.29, 1.82) is 0 Å². The van der Waals surface area contributed by atoms with Crippen molar-refractivity contribution >= 4 is 0 Å². The zero-order valence-corrected chi connectivity index (χ0v) is 11.1. The maximum Gasteiger partial charge on any atom is 0.139 e. The van der Waals surface area contributed by atoms with E-state index < -0.39 is 0 Å². The fourth-order valence-corrected chi connectivity index (χ4v) is 2.05. The van der Waals surface area contributed by atoms with Crippen LogP contribution < -0.4 is 10.5 Å². The van der Waals surface area contributed by atoms with Crippen LogP contribution in [-0.4, -0.2) is 6.04 Å². The van der Waals surface area contributed by atoms with E-state index in [0.717, 1.165) is 11.1 Å². The molecule has 0 heterocycles. The van der Waals surface area contributed by atoms with Crippen LogP contribution in [0.2, 0.25) is 0 Å². The smallest absolute Gasteiger partial charge is 0.139 e. The SMILES string of the molecule is Cc1ccccc1C(Oc1cccc(F)c1)C(C)N. The van der Waals surface area contributed by atoms with Crippen molar-refractivity contribution in [3.63, 3.8) is 0 Å². The second kappa shape index (κ2) is 5.85. The number of benzene rings is 2. The molecule has 2 aromatic rings. The lowest BCUT2D eigenvalue weighted by Crippen LogP contribution is -2.29. The second-order valence-corrected chi connectivity index (χ2v) is 4.71. The predicted octanol–water partition coefficient (Wildman–Crippen LogP) is 3.60. The topological polar surface area (TPSA) is 35.2 Å². The minimum atomic E-state index is -0.314. The summed E-state index contributed by atoms with van der Waals surface area (Å²) in [7, 11) is 0. The molecule has 0 aliphatic heterocycles. The number of halogens is 1. The third-order valence-electron chi connectivity index (χ3n) is 3.03. The van der Waals surface area contributed by atoms with Crippen LogP contribution in [0.1, 0.15) is 24.2 Å². The molecule has 0 spiro atoms. The number of nitrogens with two attached hydrogens (primary N) is 1. The van der Waals surface area contributed by atoms with Gasteiger partial charge in [-0.2, -0.15) is 0 Å². The summed E-state index contributed by atoms with van der Waals surface area (Å²) in [6, 6.07) is 13.9. The third-order valence-corrected chi connectivity index (χ3v) is 3.03. The molecular weight excluding hydrogens is 241 g/mol. The summed E-state index contributed by atoms with van der Waals surface area (Å²) in [5.74, 6) is 0.177. The summed E-state index contributed by atoms with van der Waals surface area (Å²) in [6.45, 7) is 3.90. The Morgan fingerprint density at radius 2 is 1.84 bits per heavy atom. The van der Waals surface area contributed by atoms with E-state index in [0.29, 0.717) is 5.75 Å². The van der Waals surface area contributed by atoms with Gasteiger partial charge in [-0.15, -0.1) is 0 Å². The first-order valence-corrected chi connectivity index (χ1v) is 6.31. The molecule has 0 aromatic heterocycles. The number of hydrogen-bond donors (Lipinski definition) is 1. The average Bonchev–Trinajstić information content (AvgIpc) is 2.37. The number of aryl methyl sites for hydroxylation is 1. The zero-order chi connectivity index (χ0) is 13.8. The summed E-state index contributed by atoms with van der Waals surface area (Å²) in [6.07, 6.45) is -0.289. The Bertz CT molecular complexity index is 554. The molecule has 2 atom stereocenters. The largest absolute Gasteiger partial charge is 0.484 e. The first-order chi connectivity index (χ1) is 9.08. The molecule has 0 saturated carbocycles. The molecule has 0 saturated heterocycles. The number of ether oxygens (including phenoxy) is 1. The van der Waals surface area contributed by atoms with Crippen molar-refractivity contribution < 1.29 is 9.13 Å². The number of rotatable bonds is 4. The van der Waals surface area contributed by atoms with E-state index in [9.17, 15) is 4.39 Å². The first-order valence-electron chi connectivity index (χ1n) is 6.31. The molecule has 2 aromatic carbocycles. The molecule has 100 valence electrons. The van der Waals surface area contributed by atoms with E-state index in [1.54, 1.807) is 12.1 Å². The van der Waals surface area contributed by atoms with Crippen molar-refractivity contribution in [2.75, 3.05) is 0 Å². The average molecular weight is 259 g/mol. The van der Waals surface area contributed by atoms with Crippen molar-refractivity contribution in [1.82, 2.24) is 0 Å². The van der Waals surface area contributed by atoms with Gasteiger partial charge in [0.25, 0.3) is 0 Å². The first kappa shape index (κ1) is 13.6. The molecule has 19 heavy (non-hydrogen) atoms. The minimum absolute atomic E-state index is 0.190. The molecule has 2 rings (SSSR count). The van der Waals surface area contributed by atoms with Crippen LogP contribution in [0.15, 0.2) is 48.5 Å². The minimum Gasteiger partial charge on any atom is -0.484 e. The maximum absolute atomic E-state index is 13.2. The lowest BCUT2D eigenvalue weighted by atomic mass is 9.99. The summed E-state index contributed by atoms with van der Waals surface area (Å²) in [4.78, 5) is 0. The van der Waals surface area contributed by atoms with Gasteiger partial charge >= 0.3 is 0 Å². The Morgan fingerprint density at radius 3 is 2.47 bits per heavy atom. The molecule has 0 radical (unpaired) electrons. The lowest BCUT2D eigenvalue weighted by molar-refractivity contribution is 0.179. The van der Waals surface area contributed by atoms with Crippen LogP contribution in [0.5, 0.6) is 5.75 Å². The third kappa shape index (κ3) is 3.32. The fourth-order valence-electron chi connectivity index (χ4n) is 2.05. The van der Waals surface area contributed by atoms with E-state index in [1.165, 1.54) is 12.1 Å². The molecule has 2 nitrogen and oxygen atoms in total. The molecule has 3 heteroatoms. The van der Waals surface area contributed by atoms with E-state index in [4.69, 9.17) is 10.5 Å². The Morgan fingerprint density at radius 1 is 1.11 bits per heavy atom. The van der Waals surface area contributed by atoms with Gasteiger partial charge in [-0.05, 0) is 37.1 Å². The van der Waals surface area contributed by atoms with Crippen molar-refractivity contribution in [2.45, 2.75) is 26.0 Å². The van der Waals surface area contributed by atoms with E-state index in [2.05, 4.69) is 0 Å². The van der Waals surface area contributed by atoms with E-state index in [1.807, 2.05) is 38.1 Å². The van der Waals surface area contributed by atoms with E-state index in [-0.39, 0.29) is 18.0 Å². The molecule has 0 aliphatic carbocycles. The van der Waals surface area contributed by atoms with Crippen molar-refractivity contribution in [3.05, 3.63) is 65.5 Å². The molecule has 0 bridgehead atoms. The second-order valence-electron chi connectivity index (χ2n) is 4.71. The van der Waals surface area contributed by atoms with Crippen LogP contribution in [-0.2, 0) is 0 Å². The summed E-state index contributed by atoms with van der Waals surface area (Å²) in [5, 5.41) is 0. The quantitative estimate of drug-likeness (QED) is 0.910. The Balaban J connectivity index is 2.29. The summed E-state index contributed by atoms with van der Waals surface area (Å²) >= 11 is 0. The molecule has 0 amide bonds. The van der Waals surface area contributed by atoms with E-state index >= 15 is 0 Å². The predicted molar refractivity (Wildman–Crippen MR) is 74.6 cm³/mol. The Kier molecular flexibility index (Phi) is 4.17. The molecule has 2 unspecified atom stereocenters. The highest BCUT2D eigenvalue weighted by molar-refractivity contribution is 5.31. The normalized spacial score (nSPS) is 13.9. The van der Waals surface area contributed by atoms with Crippen molar-refractivity contribution in [3.8, 4) is 5.75 Å². The van der Waals surface area contributed by atoms with Gasteiger partial charge < -0.3 is 10.5 Å². The van der Waals surface area contributed by atoms with Gasteiger partial charge in [0.2, 0.25) is 0 Å². The van der Waals surface area contributed by atoms with Crippen LogP contribution in [0.25, 0.3) is 0 Å². The zero-order valence-electron chi connectivity index (χ0n) is 11.1. The molecule has 0 aliphatic rings. The van der Waals surface area contributed by atoms with Gasteiger partial charge in [0, 0.05) is 12.1 Å². The Hall–Kier alpha value is -1.87. The molecule has 2 N–H and O–H groups in total. The Labute approximate surface area is 113 Å². The van der Waals surface area contributed by atoms with Gasteiger partial charge in [0.15, 0.2) is 0 Å².